The van der Waals surface area contributed by atoms with Crippen LogP contribution in [0.5, 0.6) is 5.75 Å². The minimum absolute atomic E-state index is 0.202. The predicted octanol–water partition coefficient (Wildman–Crippen LogP) is 5.49. The molecule has 0 bridgehead atoms. The van der Waals surface area contributed by atoms with E-state index < -0.39 is 0 Å². The van der Waals surface area contributed by atoms with Gasteiger partial charge in [-0.15, -0.1) is 0 Å². The Bertz CT molecular complexity index is 1200. The second-order valence-electron chi connectivity index (χ2n) is 8.85. The first-order chi connectivity index (χ1) is 16.9. The van der Waals surface area contributed by atoms with Crippen molar-refractivity contribution < 1.29 is 14.3 Å². The quantitative estimate of drug-likeness (QED) is 0.425. The van der Waals surface area contributed by atoms with E-state index in [1.54, 1.807) is 13.2 Å². The van der Waals surface area contributed by atoms with Crippen LogP contribution in [0.15, 0.2) is 60.7 Å². The van der Waals surface area contributed by atoms with Crippen LogP contribution in [-0.4, -0.2) is 32.1 Å². The smallest absolute Gasteiger partial charge is 0.323 e. The summed E-state index contributed by atoms with van der Waals surface area (Å²) in [4.78, 5) is 28.0. The first-order valence-electron chi connectivity index (χ1n) is 11.9. The highest BCUT2D eigenvalue weighted by Gasteiger charge is 2.19. The third-order valence-electron chi connectivity index (χ3n) is 6.20. The number of rotatable bonds is 7. The minimum atomic E-state index is -0.340. The molecule has 3 aromatic carbocycles. The summed E-state index contributed by atoms with van der Waals surface area (Å²) in [5.74, 6) is 0.569. The summed E-state index contributed by atoms with van der Waals surface area (Å²) in [5.41, 5.74) is 5.88. The van der Waals surface area contributed by atoms with Gasteiger partial charge >= 0.3 is 6.03 Å². The van der Waals surface area contributed by atoms with E-state index in [4.69, 9.17) is 4.74 Å². The van der Waals surface area contributed by atoms with Crippen LogP contribution in [0.3, 0.4) is 0 Å². The molecular weight excluding hydrogens is 440 g/mol. The van der Waals surface area contributed by atoms with Crippen LogP contribution in [0.2, 0.25) is 0 Å². The second-order valence-corrected chi connectivity index (χ2v) is 8.85. The molecule has 0 atom stereocenters. The zero-order valence-electron chi connectivity index (χ0n) is 20.5. The number of nitrogens with zero attached hydrogens (tertiary/aromatic N) is 1. The van der Waals surface area contributed by atoms with Crippen molar-refractivity contribution in [1.29, 1.82) is 0 Å². The molecule has 0 aromatic heterocycles. The SMILES string of the molecule is COc1ccc(CNC(=O)c2ccc(N3CCCC3)c(NC(=O)Nc3ccc(C)cc3C)c2)cc1. The van der Waals surface area contributed by atoms with E-state index in [-0.39, 0.29) is 11.9 Å². The fourth-order valence-corrected chi connectivity index (χ4v) is 4.27. The molecule has 3 amide bonds. The van der Waals surface area contributed by atoms with Gasteiger partial charge in [0.2, 0.25) is 0 Å². The number of amides is 3. The maximum atomic E-state index is 12.9. The summed E-state index contributed by atoms with van der Waals surface area (Å²) >= 11 is 0. The summed E-state index contributed by atoms with van der Waals surface area (Å²) in [5, 5.41) is 8.86. The molecule has 0 radical (unpaired) electrons. The molecule has 7 nitrogen and oxygen atoms in total. The number of nitrogens with one attached hydrogen (secondary N) is 3. The Morgan fingerprint density at radius 1 is 0.886 bits per heavy atom. The van der Waals surface area contributed by atoms with Crippen molar-refractivity contribution in [2.45, 2.75) is 33.2 Å². The minimum Gasteiger partial charge on any atom is -0.497 e. The van der Waals surface area contributed by atoms with Gasteiger partial charge in [-0.25, -0.2) is 4.79 Å². The molecule has 7 heteroatoms. The molecule has 0 aliphatic carbocycles. The number of carbonyl (C=O) groups excluding carboxylic acids is 2. The van der Waals surface area contributed by atoms with Crippen LogP contribution in [0.4, 0.5) is 21.9 Å². The maximum absolute atomic E-state index is 12.9. The van der Waals surface area contributed by atoms with Gasteiger partial charge in [0.05, 0.1) is 18.5 Å². The molecule has 3 N–H and O–H groups in total. The lowest BCUT2D eigenvalue weighted by Gasteiger charge is -2.22. The number of urea groups is 1. The lowest BCUT2D eigenvalue weighted by atomic mass is 10.1. The molecule has 35 heavy (non-hydrogen) atoms. The van der Waals surface area contributed by atoms with Crippen LogP contribution in [0.1, 0.15) is 39.9 Å². The Kier molecular flexibility index (Phi) is 7.55. The van der Waals surface area contributed by atoms with Gasteiger partial charge in [-0.2, -0.15) is 0 Å². The average Bonchev–Trinajstić information content (AvgIpc) is 3.39. The number of hydrogen-bond donors (Lipinski definition) is 3. The van der Waals surface area contributed by atoms with E-state index in [1.165, 1.54) is 0 Å². The van der Waals surface area contributed by atoms with Crippen LogP contribution < -0.4 is 25.6 Å². The zero-order chi connectivity index (χ0) is 24.8. The second kappa shape index (κ2) is 11.0. The van der Waals surface area contributed by atoms with Gasteiger partial charge in [0, 0.05) is 30.9 Å². The van der Waals surface area contributed by atoms with Crippen molar-refractivity contribution in [1.82, 2.24) is 5.32 Å². The Morgan fingerprint density at radius 3 is 2.29 bits per heavy atom. The largest absolute Gasteiger partial charge is 0.497 e. The van der Waals surface area contributed by atoms with E-state index in [9.17, 15) is 9.59 Å². The number of carbonyl (C=O) groups is 2. The number of methoxy groups -OCH3 is 1. The van der Waals surface area contributed by atoms with Crippen LogP contribution in [-0.2, 0) is 6.54 Å². The first kappa shape index (κ1) is 24.1. The predicted molar refractivity (Wildman–Crippen MR) is 141 cm³/mol. The van der Waals surface area contributed by atoms with Crippen LogP contribution >= 0.6 is 0 Å². The molecule has 3 aromatic rings. The molecule has 1 aliphatic rings. The molecule has 1 fully saturated rings. The summed E-state index contributed by atoms with van der Waals surface area (Å²) in [6, 6.07) is 18.6. The molecular formula is C28H32N4O3. The lowest BCUT2D eigenvalue weighted by Crippen LogP contribution is -2.26. The summed E-state index contributed by atoms with van der Waals surface area (Å²) < 4.78 is 5.18. The van der Waals surface area contributed by atoms with Crippen molar-refractivity contribution in [3.63, 3.8) is 0 Å². The van der Waals surface area contributed by atoms with Gasteiger partial charge in [-0.05, 0) is 74.2 Å². The standard InChI is InChI=1S/C28H32N4O3/c1-19-6-12-24(20(2)16-19)30-28(34)31-25-17-22(9-13-26(25)32-14-4-5-15-32)27(33)29-18-21-7-10-23(35-3)11-8-21/h6-13,16-17H,4-5,14-15,18H2,1-3H3,(H,29,33)(H2,30,31,34). The molecule has 182 valence electrons. The van der Waals surface area contributed by atoms with E-state index >= 15 is 0 Å². The zero-order valence-corrected chi connectivity index (χ0v) is 20.5. The third-order valence-corrected chi connectivity index (χ3v) is 6.20. The molecule has 1 heterocycles. The number of benzene rings is 3. The lowest BCUT2D eigenvalue weighted by molar-refractivity contribution is 0.0951. The van der Waals surface area contributed by atoms with Crippen LogP contribution in [0, 0.1) is 13.8 Å². The summed E-state index contributed by atoms with van der Waals surface area (Å²) in [7, 11) is 1.62. The van der Waals surface area contributed by atoms with Gasteiger partial charge in [0.1, 0.15) is 5.75 Å². The van der Waals surface area contributed by atoms with Crippen LogP contribution in [0.25, 0.3) is 0 Å². The van der Waals surface area contributed by atoms with Crippen molar-refractivity contribution in [3.05, 3.63) is 82.9 Å². The van der Waals surface area contributed by atoms with Gasteiger partial charge < -0.3 is 25.6 Å². The third kappa shape index (κ3) is 6.12. The normalized spacial score (nSPS) is 12.8. The Hall–Kier alpha value is -4.00. The number of ether oxygens (including phenoxy) is 1. The Balaban J connectivity index is 1.49. The number of hydrogen-bond acceptors (Lipinski definition) is 4. The summed E-state index contributed by atoms with van der Waals surface area (Å²) in [6.45, 7) is 6.23. The highest BCUT2D eigenvalue weighted by Crippen LogP contribution is 2.30. The number of anilines is 3. The van der Waals surface area contributed by atoms with Crippen molar-refractivity contribution in [2.75, 3.05) is 35.7 Å². The van der Waals surface area contributed by atoms with Crippen molar-refractivity contribution in [2.24, 2.45) is 0 Å². The van der Waals surface area contributed by atoms with Gasteiger partial charge in [0.25, 0.3) is 5.91 Å². The van der Waals surface area contributed by atoms with Gasteiger partial charge in [-0.1, -0.05) is 29.8 Å². The fraction of sp³-hybridized carbons (Fsp3) is 0.286. The molecule has 0 unspecified atom stereocenters. The highest BCUT2D eigenvalue weighted by atomic mass is 16.5. The van der Waals surface area contributed by atoms with Gasteiger partial charge in [0.15, 0.2) is 0 Å². The number of aryl methyl sites for hydroxylation is 2. The summed E-state index contributed by atoms with van der Waals surface area (Å²) in [6.07, 6.45) is 2.22. The topological polar surface area (TPSA) is 82.7 Å². The fourth-order valence-electron chi connectivity index (χ4n) is 4.27. The first-order valence-corrected chi connectivity index (χ1v) is 11.9. The molecule has 0 saturated carbocycles. The van der Waals surface area contributed by atoms with E-state index in [1.807, 2.05) is 68.4 Å². The molecule has 1 saturated heterocycles. The van der Waals surface area contributed by atoms with E-state index in [0.717, 1.165) is 59.7 Å². The van der Waals surface area contributed by atoms with Crippen molar-refractivity contribution in [3.8, 4) is 5.75 Å². The maximum Gasteiger partial charge on any atom is 0.323 e. The van der Waals surface area contributed by atoms with Crippen molar-refractivity contribution >= 4 is 29.0 Å². The monoisotopic (exact) mass is 472 g/mol. The molecule has 1 aliphatic heterocycles. The average molecular weight is 473 g/mol. The highest BCUT2D eigenvalue weighted by molar-refractivity contribution is 6.04. The van der Waals surface area contributed by atoms with E-state index in [0.29, 0.717) is 17.8 Å². The van der Waals surface area contributed by atoms with Gasteiger partial charge in [-0.3, -0.25) is 4.79 Å². The Morgan fingerprint density at radius 2 is 1.60 bits per heavy atom. The molecule has 4 rings (SSSR count). The Labute approximate surface area is 206 Å². The molecule has 0 spiro atoms. The van der Waals surface area contributed by atoms with E-state index in [2.05, 4.69) is 20.9 Å².